The molecule has 0 heterocycles. The molecule has 2 aromatic carbocycles. The largest absolute Gasteiger partial charge is 0.444 e. The molecule has 0 saturated heterocycles. The van der Waals surface area contributed by atoms with Crippen molar-refractivity contribution >= 4 is 33.4 Å². The van der Waals surface area contributed by atoms with Crippen molar-refractivity contribution < 1.29 is 9.53 Å². The molecule has 0 fully saturated rings. The third-order valence-corrected chi connectivity index (χ3v) is 3.25. The molecular formula is C14H13BrN2O2. The predicted molar refractivity (Wildman–Crippen MR) is 78.8 cm³/mol. The molecule has 98 valence electrons. The van der Waals surface area contributed by atoms with E-state index < -0.39 is 6.09 Å². The van der Waals surface area contributed by atoms with Gasteiger partial charge in [-0.2, -0.15) is 0 Å². The SMILES string of the molecule is Nc1ccc(NC(=O)OCc2ccccc2Br)cc1. The summed E-state index contributed by atoms with van der Waals surface area (Å²) in [5, 5.41) is 2.63. The van der Waals surface area contributed by atoms with Crippen molar-refractivity contribution in [2.75, 3.05) is 11.1 Å². The lowest BCUT2D eigenvalue weighted by Crippen LogP contribution is -2.13. The Labute approximate surface area is 119 Å². The molecule has 0 bridgehead atoms. The Bertz CT molecular complexity index is 570. The summed E-state index contributed by atoms with van der Waals surface area (Å²) < 4.78 is 6.04. The van der Waals surface area contributed by atoms with Crippen LogP contribution in [0.4, 0.5) is 16.2 Å². The molecule has 0 radical (unpaired) electrons. The molecule has 0 aliphatic heterocycles. The minimum absolute atomic E-state index is 0.211. The van der Waals surface area contributed by atoms with Crippen LogP contribution >= 0.6 is 15.9 Å². The Kier molecular flexibility index (Phi) is 4.41. The van der Waals surface area contributed by atoms with E-state index in [1.807, 2.05) is 24.3 Å². The van der Waals surface area contributed by atoms with Gasteiger partial charge in [0.15, 0.2) is 0 Å². The molecule has 2 rings (SSSR count). The summed E-state index contributed by atoms with van der Waals surface area (Å²) in [6.07, 6.45) is -0.500. The van der Waals surface area contributed by atoms with E-state index in [1.54, 1.807) is 24.3 Å². The fourth-order valence-corrected chi connectivity index (χ4v) is 1.88. The first-order valence-electron chi connectivity index (χ1n) is 5.68. The van der Waals surface area contributed by atoms with Crippen LogP contribution in [0.1, 0.15) is 5.56 Å². The van der Waals surface area contributed by atoms with Crippen LogP contribution in [0.3, 0.4) is 0 Å². The molecule has 0 saturated carbocycles. The number of rotatable bonds is 3. The summed E-state index contributed by atoms with van der Waals surface area (Å²) in [5.74, 6) is 0. The molecule has 0 aliphatic rings. The summed E-state index contributed by atoms with van der Waals surface area (Å²) in [7, 11) is 0. The third-order valence-electron chi connectivity index (χ3n) is 2.47. The van der Waals surface area contributed by atoms with E-state index in [9.17, 15) is 4.79 Å². The van der Waals surface area contributed by atoms with Crippen LogP contribution in [0, 0.1) is 0 Å². The summed E-state index contributed by atoms with van der Waals surface area (Å²) in [5.41, 5.74) is 7.76. The average molecular weight is 321 g/mol. The van der Waals surface area contributed by atoms with E-state index in [-0.39, 0.29) is 6.61 Å². The maximum atomic E-state index is 11.6. The van der Waals surface area contributed by atoms with E-state index in [1.165, 1.54) is 0 Å². The van der Waals surface area contributed by atoms with Gasteiger partial charge in [-0.25, -0.2) is 4.79 Å². The standard InChI is InChI=1S/C14H13BrN2O2/c15-13-4-2-1-3-10(13)9-19-14(18)17-12-7-5-11(16)6-8-12/h1-8H,9,16H2,(H,17,18). The highest BCUT2D eigenvalue weighted by atomic mass is 79.9. The minimum Gasteiger partial charge on any atom is -0.444 e. The lowest BCUT2D eigenvalue weighted by atomic mass is 10.2. The second-order valence-corrected chi connectivity index (χ2v) is 4.77. The zero-order valence-corrected chi connectivity index (χ0v) is 11.7. The highest BCUT2D eigenvalue weighted by Gasteiger charge is 2.05. The van der Waals surface area contributed by atoms with Crippen molar-refractivity contribution in [2.24, 2.45) is 0 Å². The van der Waals surface area contributed by atoms with Gasteiger partial charge in [0.2, 0.25) is 0 Å². The Morgan fingerprint density at radius 2 is 1.84 bits per heavy atom. The number of nitrogen functional groups attached to an aromatic ring is 1. The van der Waals surface area contributed by atoms with Crippen molar-refractivity contribution in [3.8, 4) is 0 Å². The highest BCUT2D eigenvalue weighted by molar-refractivity contribution is 9.10. The van der Waals surface area contributed by atoms with Crippen LogP contribution in [0.2, 0.25) is 0 Å². The first kappa shape index (κ1) is 13.4. The first-order valence-corrected chi connectivity index (χ1v) is 6.47. The number of anilines is 2. The third kappa shape index (κ3) is 3.99. The number of nitrogens with two attached hydrogens (primary N) is 1. The monoisotopic (exact) mass is 320 g/mol. The fourth-order valence-electron chi connectivity index (χ4n) is 1.48. The Balaban J connectivity index is 1.88. The zero-order valence-electron chi connectivity index (χ0n) is 10.1. The number of hydrogen-bond acceptors (Lipinski definition) is 3. The number of benzene rings is 2. The van der Waals surface area contributed by atoms with Crippen LogP contribution in [0.5, 0.6) is 0 Å². The lowest BCUT2D eigenvalue weighted by molar-refractivity contribution is 0.155. The van der Waals surface area contributed by atoms with Crippen molar-refractivity contribution in [1.29, 1.82) is 0 Å². The molecule has 5 heteroatoms. The van der Waals surface area contributed by atoms with Crippen LogP contribution in [-0.2, 0) is 11.3 Å². The molecule has 0 spiro atoms. The van der Waals surface area contributed by atoms with Gasteiger partial charge in [-0.05, 0) is 30.3 Å². The first-order chi connectivity index (χ1) is 9.15. The molecular weight excluding hydrogens is 308 g/mol. The molecule has 4 nitrogen and oxygen atoms in total. The summed E-state index contributed by atoms with van der Waals surface area (Å²) in [6, 6.07) is 14.4. The highest BCUT2D eigenvalue weighted by Crippen LogP contribution is 2.17. The predicted octanol–water partition coefficient (Wildman–Crippen LogP) is 3.78. The molecule has 3 N–H and O–H groups in total. The summed E-state index contributed by atoms with van der Waals surface area (Å²) >= 11 is 3.40. The maximum Gasteiger partial charge on any atom is 0.411 e. The van der Waals surface area contributed by atoms with E-state index in [2.05, 4.69) is 21.2 Å². The topological polar surface area (TPSA) is 64.3 Å². The maximum absolute atomic E-state index is 11.6. The molecule has 2 aromatic rings. The van der Waals surface area contributed by atoms with Gasteiger partial charge >= 0.3 is 6.09 Å². The number of carbonyl (C=O) groups is 1. The van der Waals surface area contributed by atoms with Crippen molar-refractivity contribution in [2.45, 2.75) is 6.61 Å². The van der Waals surface area contributed by atoms with Crippen LogP contribution in [0.15, 0.2) is 53.0 Å². The Morgan fingerprint density at radius 3 is 2.53 bits per heavy atom. The number of carbonyl (C=O) groups excluding carboxylic acids is 1. The number of hydrogen-bond donors (Lipinski definition) is 2. The van der Waals surface area contributed by atoms with Gasteiger partial charge in [0, 0.05) is 21.4 Å². The van der Waals surface area contributed by atoms with Gasteiger partial charge < -0.3 is 10.5 Å². The van der Waals surface area contributed by atoms with Gasteiger partial charge in [0.1, 0.15) is 6.61 Å². The fraction of sp³-hybridized carbons (Fsp3) is 0.0714. The van der Waals surface area contributed by atoms with E-state index >= 15 is 0 Å². The second kappa shape index (κ2) is 6.24. The molecule has 0 aromatic heterocycles. The van der Waals surface area contributed by atoms with Crippen molar-refractivity contribution in [1.82, 2.24) is 0 Å². The summed E-state index contributed by atoms with van der Waals surface area (Å²) in [4.78, 5) is 11.6. The van der Waals surface area contributed by atoms with Crippen LogP contribution < -0.4 is 11.1 Å². The normalized spacial score (nSPS) is 9.95. The molecule has 19 heavy (non-hydrogen) atoms. The van der Waals surface area contributed by atoms with Crippen LogP contribution in [0.25, 0.3) is 0 Å². The number of amides is 1. The molecule has 1 amide bonds. The average Bonchev–Trinajstić information content (AvgIpc) is 2.40. The smallest absolute Gasteiger partial charge is 0.411 e. The van der Waals surface area contributed by atoms with Gasteiger partial charge in [0.25, 0.3) is 0 Å². The van der Waals surface area contributed by atoms with E-state index in [4.69, 9.17) is 10.5 Å². The number of nitrogens with one attached hydrogen (secondary N) is 1. The molecule has 0 unspecified atom stereocenters. The molecule has 0 atom stereocenters. The Hall–Kier alpha value is -2.01. The minimum atomic E-state index is -0.500. The lowest BCUT2D eigenvalue weighted by Gasteiger charge is -2.08. The zero-order chi connectivity index (χ0) is 13.7. The molecule has 0 aliphatic carbocycles. The van der Waals surface area contributed by atoms with Crippen molar-refractivity contribution in [3.05, 3.63) is 58.6 Å². The summed E-state index contributed by atoms with van der Waals surface area (Å²) in [6.45, 7) is 0.211. The van der Waals surface area contributed by atoms with E-state index in [0.717, 1.165) is 10.0 Å². The quantitative estimate of drug-likeness (QED) is 0.846. The Morgan fingerprint density at radius 1 is 1.16 bits per heavy atom. The number of halogens is 1. The number of ether oxygens (including phenoxy) is 1. The van der Waals surface area contributed by atoms with Crippen molar-refractivity contribution in [3.63, 3.8) is 0 Å². The van der Waals surface area contributed by atoms with Gasteiger partial charge in [-0.3, -0.25) is 5.32 Å². The van der Waals surface area contributed by atoms with Gasteiger partial charge in [0.05, 0.1) is 0 Å². The van der Waals surface area contributed by atoms with Crippen LogP contribution in [-0.4, -0.2) is 6.09 Å². The van der Waals surface area contributed by atoms with Gasteiger partial charge in [-0.1, -0.05) is 34.1 Å². The van der Waals surface area contributed by atoms with E-state index in [0.29, 0.717) is 11.4 Å². The van der Waals surface area contributed by atoms with Gasteiger partial charge in [-0.15, -0.1) is 0 Å². The second-order valence-electron chi connectivity index (χ2n) is 3.91.